The molecule has 1 aliphatic rings. The van der Waals surface area contributed by atoms with Crippen molar-refractivity contribution in [2.75, 3.05) is 25.6 Å². The summed E-state index contributed by atoms with van der Waals surface area (Å²) in [5.41, 5.74) is 1.86. The third kappa shape index (κ3) is 5.30. The van der Waals surface area contributed by atoms with Crippen LogP contribution in [0.4, 0.5) is 5.13 Å². The Morgan fingerprint density at radius 3 is 2.81 bits per heavy atom. The predicted octanol–water partition coefficient (Wildman–Crippen LogP) is 3.36. The molecule has 9 heteroatoms. The number of carbonyl (C=O) groups excluding carboxylic acids is 2. The maximum absolute atomic E-state index is 12.8. The fourth-order valence-electron chi connectivity index (χ4n) is 3.59. The van der Waals surface area contributed by atoms with E-state index in [0.717, 1.165) is 23.3 Å². The summed E-state index contributed by atoms with van der Waals surface area (Å²) in [5.74, 6) is 0.276. The molecular weight excluding hydrogens is 428 g/mol. The smallest absolute Gasteiger partial charge is 0.249 e. The SMILES string of the molecule is COc1cccc(-c2nnc(NC(=O)C3CCCN3C(=O)COCc3ccccc3)s2)c1. The highest BCUT2D eigenvalue weighted by Crippen LogP contribution is 2.29. The number of carbonyl (C=O) groups is 2. The number of hydrogen-bond acceptors (Lipinski definition) is 7. The van der Waals surface area contributed by atoms with E-state index in [2.05, 4.69) is 15.5 Å². The predicted molar refractivity (Wildman–Crippen MR) is 121 cm³/mol. The second-order valence-electron chi connectivity index (χ2n) is 7.36. The van der Waals surface area contributed by atoms with Crippen LogP contribution >= 0.6 is 11.3 Å². The molecule has 3 aromatic rings. The Morgan fingerprint density at radius 2 is 2.00 bits per heavy atom. The number of methoxy groups -OCH3 is 1. The van der Waals surface area contributed by atoms with Crippen molar-refractivity contribution in [2.45, 2.75) is 25.5 Å². The minimum Gasteiger partial charge on any atom is -0.497 e. The van der Waals surface area contributed by atoms with E-state index >= 15 is 0 Å². The highest BCUT2D eigenvalue weighted by molar-refractivity contribution is 7.18. The van der Waals surface area contributed by atoms with Gasteiger partial charge in [-0.3, -0.25) is 14.9 Å². The molecule has 1 saturated heterocycles. The molecule has 1 fully saturated rings. The molecule has 1 unspecified atom stereocenters. The molecule has 1 aromatic heterocycles. The average Bonchev–Trinajstić information content (AvgIpc) is 3.50. The fourth-order valence-corrected chi connectivity index (χ4v) is 4.33. The standard InChI is InChI=1S/C23H24N4O4S/c1-30-18-10-5-9-17(13-18)22-25-26-23(32-22)24-21(29)19-11-6-12-27(19)20(28)15-31-14-16-7-3-2-4-8-16/h2-5,7-10,13,19H,6,11-12,14-15H2,1H3,(H,24,26,29). The molecule has 1 atom stereocenters. The van der Waals surface area contributed by atoms with Gasteiger partial charge in [0.25, 0.3) is 0 Å². The first-order valence-corrected chi connectivity index (χ1v) is 11.2. The van der Waals surface area contributed by atoms with Gasteiger partial charge in [0.05, 0.1) is 13.7 Å². The first-order valence-electron chi connectivity index (χ1n) is 10.3. The molecular formula is C23H24N4O4S. The second-order valence-corrected chi connectivity index (χ2v) is 8.33. The largest absolute Gasteiger partial charge is 0.497 e. The van der Waals surface area contributed by atoms with Crippen molar-refractivity contribution in [3.63, 3.8) is 0 Å². The summed E-state index contributed by atoms with van der Waals surface area (Å²) >= 11 is 1.28. The van der Waals surface area contributed by atoms with E-state index in [9.17, 15) is 9.59 Å². The van der Waals surface area contributed by atoms with Gasteiger partial charge >= 0.3 is 0 Å². The number of aromatic nitrogens is 2. The Labute approximate surface area is 190 Å². The van der Waals surface area contributed by atoms with E-state index in [0.29, 0.717) is 29.7 Å². The molecule has 1 N–H and O–H groups in total. The van der Waals surface area contributed by atoms with Crippen molar-refractivity contribution in [3.05, 3.63) is 60.2 Å². The Bertz CT molecular complexity index is 1070. The second kappa shape index (κ2) is 10.3. The van der Waals surface area contributed by atoms with Gasteiger partial charge in [-0.15, -0.1) is 10.2 Å². The fraction of sp³-hybridized carbons (Fsp3) is 0.304. The molecule has 32 heavy (non-hydrogen) atoms. The van der Waals surface area contributed by atoms with Gasteiger partial charge in [0.1, 0.15) is 23.4 Å². The van der Waals surface area contributed by atoms with Crippen molar-refractivity contribution in [1.29, 1.82) is 0 Å². The monoisotopic (exact) mass is 452 g/mol. The van der Waals surface area contributed by atoms with Crippen LogP contribution in [0.2, 0.25) is 0 Å². The van der Waals surface area contributed by atoms with E-state index in [1.165, 1.54) is 11.3 Å². The summed E-state index contributed by atoms with van der Waals surface area (Å²) in [4.78, 5) is 27.1. The van der Waals surface area contributed by atoms with E-state index in [1.54, 1.807) is 12.0 Å². The van der Waals surface area contributed by atoms with Crippen molar-refractivity contribution < 1.29 is 19.1 Å². The molecule has 4 rings (SSSR count). The van der Waals surface area contributed by atoms with Crippen LogP contribution < -0.4 is 10.1 Å². The zero-order valence-electron chi connectivity index (χ0n) is 17.7. The lowest BCUT2D eigenvalue weighted by Gasteiger charge is -2.23. The summed E-state index contributed by atoms with van der Waals surface area (Å²) in [5, 5.41) is 12.1. The minimum atomic E-state index is -0.535. The lowest BCUT2D eigenvalue weighted by molar-refractivity contribution is -0.140. The van der Waals surface area contributed by atoms with Gasteiger partial charge in [0, 0.05) is 12.1 Å². The topological polar surface area (TPSA) is 93.7 Å². The van der Waals surface area contributed by atoms with Gasteiger partial charge in [-0.05, 0) is 30.5 Å². The molecule has 166 valence electrons. The maximum atomic E-state index is 12.8. The van der Waals surface area contributed by atoms with Crippen molar-refractivity contribution in [1.82, 2.24) is 15.1 Å². The quantitative estimate of drug-likeness (QED) is 0.563. The molecule has 0 radical (unpaired) electrons. The summed E-state index contributed by atoms with van der Waals surface area (Å²) in [7, 11) is 1.60. The van der Waals surface area contributed by atoms with Crippen molar-refractivity contribution >= 4 is 28.3 Å². The lowest BCUT2D eigenvalue weighted by atomic mass is 10.2. The molecule has 8 nitrogen and oxygen atoms in total. The van der Waals surface area contributed by atoms with E-state index in [4.69, 9.17) is 9.47 Å². The van der Waals surface area contributed by atoms with Crippen LogP contribution in [0, 0.1) is 0 Å². The molecule has 0 bridgehead atoms. The van der Waals surface area contributed by atoms with Crippen LogP contribution in [0.25, 0.3) is 10.6 Å². The summed E-state index contributed by atoms with van der Waals surface area (Å²) in [6.07, 6.45) is 1.38. The highest BCUT2D eigenvalue weighted by atomic mass is 32.1. The van der Waals surface area contributed by atoms with Crippen molar-refractivity contribution in [2.24, 2.45) is 0 Å². The number of ether oxygens (including phenoxy) is 2. The maximum Gasteiger partial charge on any atom is 0.249 e. The lowest BCUT2D eigenvalue weighted by Crippen LogP contribution is -2.44. The van der Waals surface area contributed by atoms with Crippen LogP contribution in [0.15, 0.2) is 54.6 Å². The van der Waals surface area contributed by atoms with Gasteiger partial charge in [0.2, 0.25) is 16.9 Å². The summed E-state index contributed by atoms with van der Waals surface area (Å²) < 4.78 is 10.8. The van der Waals surface area contributed by atoms with Crippen LogP contribution in [0.3, 0.4) is 0 Å². The average molecular weight is 453 g/mol. The molecule has 2 aromatic carbocycles. The van der Waals surface area contributed by atoms with E-state index in [-0.39, 0.29) is 18.4 Å². The third-order valence-corrected chi connectivity index (χ3v) is 6.07. The normalized spacial score (nSPS) is 15.5. The molecule has 1 aliphatic heterocycles. The van der Waals surface area contributed by atoms with Crippen LogP contribution in [0.1, 0.15) is 18.4 Å². The molecule has 0 aliphatic carbocycles. The van der Waals surface area contributed by atoms with Crippen LogP contribution in [-0.4, -0.2) is 53.2 Å². The van der Waals surface area contributed by atoms with E-state index in [1.807, 2.05) is 54.6 Å². The number of rotatable bonds is 8. The Morgan fingerprint density at radius 1 is 1.16 bits per heavy atom. The van der Waals surface area contributed by atoms with Crippen molar-refractivity contribution in [3.8, 4) is 16.3 Å². The zero-order chi connectivity index (χ0) is 22.3. The van der Waals surface area contributed by atoms with Gasteiger partial charge < -0.3 is 14.4 Å². The molecule has 2 heterocycles. The number of likely N-dealkylation sites (tertiary alicyclic amines) is 1. The number of hydrogen-bond donors (Lipinski definition) is 1. The zero-order valence-corrected chi connectivity index (χ0v) is 18.5. The molecule has 0 spiro atoms. The minimum absolute atomic E-state index is 0.0581. The summed E-state index contributed by atoms with van der Waals surface area (Å²) in [6.45, 7) is 0.837. The van der Waals surface area contributed by atoms with Gasteiger partial charge in [-0.25, -0.2) is 0 Å². The first-order chi connectivity index (χ1) is 15.6. The Hall–Kier alpha value is -3.30. The first kappa shape index (κ1) is 21.9. The summed E-state index contributed by atoms with van der Waals surface area (Å²) in [6, 6.07) is 16.6. The van der Waals surface area contributed by atoms with Crippen LogP contribution in [-0.2, 0) is 20.9 Å². The number of anilines is 1. The molecule has 0 saturated carbocycles. The van der Waals surface area contributed by atoms with E-state index < -0.39 is 6.04 Å². The van der Waals surface area contributed by atoms with Crippen LogP contribution in [0.5, 0.6) is 5.75 Å². The number of nitrogens with zero attached hydrogens (tertiary/aromatic N) is 3. The Balaban J connectivity index is 1.33. The Kier molecular flexibility index (Phi) is 7.08. The number of benzene rings is 2. The number of amides is 2. The third-order valence-electron chi connectivity index (χ3n) is 5.18. The van der Waals surface area contributed by atoms with Gasteiger partial charge in [-0.2, -0.15) is 0 Å². The van der Waals surface area contributed by atoms with Gasteiger partial charge in [-0.1, -0.05) is 53.8 Å². The number of nitrogens with one attached hydrogen (secondary N) is 1. The molecule has 2 amide bonds. The van der Waals surface area contributed by atoms with Gasteiger partial charge in [0.15, 0.2) is 0 Å². The highest BCUT2D eigenvalue weighted by Gasteiger charge is 2.34.